The average molecular weight is 430 g/mol. The number of fused-ring (bicyclic) bond motifs is 1. The molecule has 0 radical (unpaired) electrons. The Balaban J connectivity index is 1.36. The van der Waals surface area contributed by atoms with Crippen LogP contribution in [0.5, 0.6) is 5.75 Å². The Bertz CT molecular complexity index is 1050. The van der Waals surface area contributed by atoms with Crippen molar-refractivity contribution in [3.63, 3.8) is 0 Å². The molecule has 3 N–H and O–H groups in total. The third kappa shape index (κ3) is 4.41. The van der Waals surface area contributed by atoms with E-state index >= 15 is 0 Å². The van der Waals surface area contributed by atoms with Gasteiger partial charge in [0.1, 0.15) is 5.75 Å². The quantitative estimate of drug-likeness (QED) is 0.518. The number of amides is 1. The van der Waals surface area contributed by atoms with Gasteiger partial charge in [-0.15, -0.1) is 0 Å². The van der Waals surface area contributed by atoms with E-state index in [1.807, 2.05) is 24.3 Å². The number of para-hydroxylation sites is 1. The highest BCUT2D eigenvalue weighted by Gasteiger charge is 2.24. The third-order valence-corrected chi connectivity index (χ3v) is 5.90. The number of aromatic nitrogens is 1. The van der Waals surface area contributed by atoms with Crippen molar-refractivity contribution in [1.82, 2.24) is 10.3 Å². The topological polar surface area (TPSA) is 74.2 Å². The van der Waals surface area contributed by atoms with Gasteiger partial charge in [-0.25, -0.2) is 0 Å². The van der Waals surface area contributed by atoms with E-state index in [0.29, 0.717) is 11.1 Å². The molecule has 0 bridgehead atoms. The van der Waals surface area contributed by atoms with Crippen LogP contribution in [0.15, 0.2) is 48.7 Å². The molecule has 0 saturated heterocycles. The lowest BCUT2D eigenvalue weighted by Gasteiger charge is -2.30. The Morgan fingerprint density at radius 1 is 1.03 bits per heavy atom. The van der Waals surface area contributed by atoms with Crippen LogP contribution in [0.1, 0.15) is 36.0 Å². The summed E-state index contributed by atoms with van der Waals surface area (Å²) in [6.45, 7) is 0. The number of carbonyl (C=O) groups is 1. The molecule has 1 heterocycles. The van der Waals surface area contributed by atoms with E-state index in [0.717, 1.165) is 42.3 Å². The van der Waals surface area contributed by atoms with Crippen LogP contribution in [-0.2, 0) is 0 Å². The van der Waals surface area contributed by atoms with Crippen LogP contribution >= 0.6 is 23.2 Å². The van der Waals surface area contributed by atoms with Gasteiger partial charge in [0.2, 0.25) is 0 Å². The number of halogens is 2. The maximum absolute atomic E-state index is 12.5. The molecule has 0 spiro atoms. The Hall–Kier alpha value is -2.50. The smallest absolute Gasteiger partial charge is 0.255 e. The molecular weight excluding hydrogens is 409 g/mol. The number of hydrogen-bond donors (Lipinski definition) is 3. The maximum Gasteiger partial charge on any atom is 0.255 e. The highest BCUT2D eigenvalue weighted by molar-refractivity contribution is 6.32. The SMILES string of the molecule is O=C(NC1CCC(Nc2ccnc3cc(Cl)ccc23)CC1)c1cccc(Cl)c1O. The third-order valence-electron chi connectivity index (χ3n) is 5.36. The van der Waals surface area contributed by atoms with Gasteiger partial charge in [0.15, 0.2) is 0 Å². The maximum atomic E-state index is 12.5. The number of aromatic hydroxyl groups is 1. The Labute approximate surface area is 179 Å². The van der Waals surface area contributed by atoms with Crippen molar-refractivity contribution in [3.05, 3.63) is 64.3 Å². The van der Waals surface area contributed by atoms with E-state index in [1.165, 1.54) is 0 Å². The molecule has 150 valence electrons. The number of phenols is 1. The molecular formula is C22H21Cl2N3O2. The summed E-state index contributed by atoms with van der Waals surface area (Å²) in [5.41, 5.74) is 2.12. The number of rotatable bonds is 4. The first-order valence-corrected chi connectivity index (χ1v) is 10.4. The first-order valence-electron chi connectivity index (χ1n) is 9.60. The number of phenolic OH excluding ortho intramolecular Hbond substituents is 1. The fourth-order valence-corrected chi connectivity index (χ4v) is 4.15. The zero-order chi connectivity index (χ0) is 20.4. The Morgan fingerprint density at radius 3 is 2.59 bits per heavy atom. The molecule has 1 fully saturated rings. The molecule has 1 aliphatic rings. The van der Waals surface area contributed by atoms with Crippen LogP contribution in [0, 0.1) is 0 Å². The number of nitrogens with one attached hydrogen (secondary N) is 2. The molecule has 1 saturated carbocycles. The Morgan fingerprint density at radius 2 is 1.79 bits per heavy atom. The van der Waals surface area contributed by atoms with Gasteiger partial charge in [0.05, 0.1) is 16.1 Å². The van der Waals surface area contributed by atoms with E-state index in [9.17, 15) is 9.90 Å². The number of nitrogens with zero attached hydrogens (tertiary/aromatic N) is 1. The lowest BCUT2D eigenvalue weighted by Crippen LogP contribution is -2.40. The largest absolute Gasteiger partial charge is 0.506 e. The van der Waals surface area contributed by atoms with Crippen molar-refractivity contribution >= 4 is 45.7 Å². The molecule has 0 atom stereocenters. The van der Waals surface area contributed by atoms with Crippen molar-refractivity contribution in [2.45, 2.75) is 37.8 Å². The van der Waals surface area contributed by atoms with Gasteiger partial charge >= 0.3 is 0 Å². The van der Waals surface area contributed by atoms with E-state index in [-0.39, 0.29) is 28.3 Å². The average Bonchev–Trinajstić information content (AvgIpc) is 2.71. The van der Waals surface area contributed by atoms with Gasteiger partial charge < -0.3 is 15.7 Å². The van der Waals surface area contributed by atoms with Crippen molar-refractivity contribution in [3.8, 4) is 5.75 Å². The van der Waals surface area contributed by atoms with Crippen LogP contribution in [0.4, 0.5) is 5.69 Å². The lowest BCUT2D eigenvalue weighted by molar-refractivity contribution is 0.0924. The summed E-state index contributed by atoms with van der Waals surface area (Å²) in [6, 6.07) is 12.9. The van der Waals surface area contributed by atoms with Crippen LogP contribution < -0.4 is 10.6 Å². The summed E-state index contributed by atoms with van der Waals surface area (Å²) in [7, 11) is 0. The van der Waals surface area contributed by atoms with E-state index in [1.54, 1.807) is 24.4 Å². The van der Waals surface area contributed by atoms with E-state index < -0.39 is 0 Å². The second-order valence-electron chi connectivity index (χ2n) is 7.32. The fourth-order valence-electron chi connectivity index (χ4n) is 3.81. The second-order valence-corrected chi connectivity index (χ2v) is 8.17. The molecule has 1 amide bonds. The Kier molecular flexibility index (Phi) is 5.79. The first-order chi connectivity index (χ1) is 14.0. The van der Waals surface area contributed by atoms with Gasteiger partial charge in [-0.05, 0) is 62.1 Å². The number of carbonyl (C=O) groups excluding carboxylic acids is 1. The van der Waals surface area contributed by atoms with Crippen LogP contribution in [0.25, 0.3) is 10.9 Å². The number of hydrogen-bond acceptors (Lipinski definition) is 4. The molecule has 0 aliphatic heterocycles. The van der Waals surface area contributed by atoms with Crippen molar-refractivity contribution < 1.29 is 9.90 Å². The monoisotopic (exact) mass is 429 g/mol. The molecule has 29 heavy (non-hydrogen) atoms. The van der Waals surface area contributed by atoms with Crippen molar-refractivity contribution in [2.75, 3.05) is 5.32 Å². The molecule has 1 aliphatic carbocycles. The van der Waals surface area contributed by atoms with Crippen LogP contribution in [0.3, 0.4) is 0 Å². The number of anilines is 1. The van der Waals surface area contributed by atoms with E-state index in [2.05, 4.69) is 15.6 Å². The highest BCUT2D eigenvalue weighted by atomic mass is 35.5. The predicted molar refractivity (Wildman–Crippen MR) is 117 cm³/mol. The summed E-state index contributed by atoms with van der Waals surface area (Å²) < 4.78 is 0. The minimum absolute atomic E-state index is 0.0759. The lowest BCUT2D eigenvalue weighted by atomic mass is 9.90. The highest BCUT2D eigenvalue weighted by Crippen LogP contribution is 2.29. The van der Waals surface area contributed by atoms with Gasteiger partial charge in [0.25, 0.3) is 5.91 Å². The van der Waals surface area contributed by atoms with Crippen molar-refractivity contribution in [1.29, 1.82) is 0 Å². The zero-order valence-electron chi connectivity index (χ0n) is 15.7. The summed E-state index contributed by atoms with van der Waals surface area (Å²) in [6.07, 6.45) is 5.37. The molecule has 7 heteroatoms. The molecule has 3 aromatic rings. The molecule has 5 nitrogen and oxygen atoms in total. The van der Waals surface area contributed by atoms with Crippen molar-refractivity contribution in [2.24, 2.45) is 0 Å². The standard InChI is InChI=1S/C22H21Cl2N3O2/c23-13-4-9-16-19(10-11-25-20(16)12-13)26-14-5-7-15(8-6-14)27-22(29)17-2-1-3-18(24)21(17)28/h1-4,9-12,14-15,28H,5-8H2,(H,25,26)(H,27,29). The van der Waals surface area contributed by atoms with Crippen LogP contribution in [0.2, 0.25) is 10.0 Å². The van der Waals surface area contributed by atoms with E-state index in [4.69, 9.17) is 23.2 Å². The predicted octanol–water partition coefficient (Wildman–Crippen LogP) is 5.40. The van der Waals surface area contributed by atoms with Gasteiger partial charge in [-0.2, -0.15) is 0 Å². The molecule has 1 aromatic heterocycles. The molecule has 4 rings (SSSR count). The fraction of sp³-hybridized carbons (Fsp3) is 0.273. The summed E-state index contributed by atoms with van der Waals surface area (Å²) in [5.74, 6) is -0.467. The summed E-state index contributed by atoms with van der Waals surface area (Å²) in [5, 5.41) is 18.5. The van der Waals surface area contributed by atoms with Gasteiger partial charge in [-0.3, -0.25) is 9.78 Å². The minimum Gasteiger partial charge on any atom is -0.506 e. The zero-order valence-corrected chi connectivity index (χ0v) is 17.2. The second kappa shape index (κ2) is 8.47. The minimum atomic E-state index is -0.293. The van der Waals surface area contributed by atoms with Gasteiger partial charge in [-0.1, -0.05) is 29.3 Å². The number of benzene rings is 2. The first kappa shape index (κ1) is 19.8. The normalized spacial score (nSPS) is 19.1. The molecule has 2 aromatic carbocycles. The summed E-state index contributed by atoms with van der Waals surface area (Å²) in [4.78, 5) is 16.9. The molecule has 0 unspecified atom stereocenters. The van der Waals surface area contributed by atoms with Gasteiger partial charge in [0, 0.05) is 34.4 Å². The number of pyridine rings is 1. The summed E-state index contributed by atoms with van der Waals surface area (Å²) >= 11 is 12.0. The van der Waals surface area contributed by atoms with Crippen LogP contribution in [-0.4, -0.2) is 28.1 Å².